The zero-order valence-corrected chi connectivity index (χ0v) is 7.24. The molecule has 1 rings (SSSR count). The van der Waals surface area contributed by atoms with E-state index in [1.165, 1.54) is 5.56 Å². The first-order chi connectivity index (χ1) is 5.83. The standard InChI is InChI=1S/C11H15O/c1-2-11(12)9-8-10-6-4-3-5-7-10/h3-7,11-12H,1-2,8-9H2/t11-/m1/s1. The molecule has 0 spiro atoms. The lowest BCUT2D eigenvalue weighted by atomic mass is 10.1. The van der Waals surface area contributed by atoms with Crippen molar-refractivity contribution in [3.8, 4) is 0 Å². The van der Waals surface area contributed by atoms with Crippen LogP contribution in [0, 0.1) is 6.92 Å². The Labute approximate surface area is 74.1 Å². The van der Waals surface area contributed by atoms with Crippen LogP contribution in [0.5, 0.6) is 0 Å². The molecule has 0 aliphatic carbocycles. The predicted molar refractivity (Wildman–Crippen MR) is 50.7 cm³/mol. The van der Waals surface area contributed by atoms with Gasteiger partial charge < -0.3 is 5.11 Å². The Balaban J connectivity index is 2.33. The Morgan fingerprint density at radius 2 is 1.92 bits per heavy atom. The van der Waals surface area contributed by atoms with Crippen LogP contribution in [0.4, 0.5) is 0 Å². The molecule has 0 saturated carbocycles. The molecule has 0 amide bonds. The summed E-state index contributed by atoms with van der Waals surface area (Å²) >= 11 is 0. The first-order valence-corrected chi connectivity index (χ1v) is 4.34. The summed E-state index contributed by atoms with van der Waals surface area (Å²) in [4.78, 5) is 0. The van der Waals surface area contributed by atoms with Crippen LogP contribution in [0.15, 0.2) is 30.3 Å². The number of aryl methyl sites for hydroxylation is 1. The fourth-order valence-corrected chi connectivity index (χ4v) is 1.12. The smallest absolute Gasteiger partial charge is 0.0543 e. The topological polar surface area (TPSA) is 20.2 Å². The molecule has 1 aromatic carbocycles. The summed E-state index contributed by atoms with van der Waals surface area (Å²) in [5.74, 6) is 0. The van der Waals surface area contributed by atoms with Crippen LogP contribution < -0.4 is 0 Å². The highest BCUT2D eigenvalue weighted by Crippen LogP contribution is 2.06. The molecule has 0 saturated heterocycles. The van der Waals surface area contributed by atoms with Gasteiger partial charge in [-0.1, -0.05) is 37.3 Å². The number of benzene rings is 1. The SMILES string of the molecule is [CH2]C[C@@H](O)CCc1ccccc1. The Morgan fingerprint density at radius 1 is 1.25 bits per heavy atom. The Hall–Kier alpha value is -0.820. The van der Waals surface area contributed by atoms with E-state index < -0.39 is 0 Å². The molecule has 0 aromatic heterocycles. The quantitative estimate of drug-likeness (QED) is 0.721. The third-order valence-corrected chi connectivity index (χ3v) is 1.94. The van der Waals surface area contributed by atoms with Crippen LogP contribution in [0.1, 0.15) is 18.4 Å². The lowest BCUT2D eigenvalue weighted by molar-refractivity contribution is 0.167. The summed E-state index contributed by atoms with van der Waals surface area (Å²) in [6, 6.07) is 10.2. The van der Waals surface area contributed by atoms with Crippen LogP contribution in [0.2, 0.25) is 0 Å². The maximum atomic E-state index is 9.26. The van der Waals surface area contributed by atoms with Gasteiger partial charge in [-0.25, -0.2) is 0 Å². The summed E-state index contributed by atoms with van der Waals surface area (Å²) in [7, 11) is 0. The lowest BCUT2D eigenvalue weighted by Crippen LogP contribution is -2.05. The van der Waals surface area contributed by atoms with Gasteiger partial charge in [0, 0.05) is 0 Å². The highest BCUT2D eigenvalue weighted by Gasteiger charge is 2.00. The third kappa shape index (κ3) is 3.05. The van der Waals surface area contributed by atoms with Gasteiger partial charge in [0.05, 0.1) is 6.10 Å². The van der Waals surface area contributed by atoms with Crippen molar-refractivity contribution in [3.63, 3.8) is 0 Å². The van der Waals surface area contributed by atoms with Crippen molar-refractivity contribution in [3.05, 3.63) is 42.8 Å². The molecule has 0 aliphatic heterocycles. The zero-order valence-electron chi connectivity index (χ0n) is 7.24. The second kappa shape index (κ2) is 4.94. The number of aliphatic hydroxyl groups excluding tert-OH is 1. The van der Waals surface area contributed by atoms with Gasteiger partial charge in [0.15, 0.2) is 0 Å². The van der Waals surface area contributed by atoms with Crippen molar-refractivity contribution in [1.82, 2.24) is 0 Å². The van der Waals surface area contributed by atoms with Crippen molar-refractivity contribution >= 4 is 0 Å². The van der Waals surface area contributed by atoms with Crippen molar-refractivity contribution in [2.45, 2.75) is 25.4 Å². The van der Waals surface area contributed by atoms with E-state index in [9.17, 15) is 5.11 Å². The number of hydrogen-bond donors (Lipinski definition) is 1. The van der Waals surface area contributed by atoms with Crippen LogP contribution in [0.25, 0.3) is 0 Å². The molecule has 0 bridgehead atoms. The van der Waals surface area contributed by atoms with Crippen molar-refractivity contribution in [2.24, 2.45) is 0 Å². The van der Waals surface area contributed by atoms with Crippen LogP contribution in [-0.2, 0) is 6.42 Å². The Morgan fingerprint density at radius 3 is 2.50 bits per heavy atom. The van der Waals surface area contributed by atoms with Crippen LogP contribution in [0.3, 0.4) is 0 Å². The van der Waals surface area contributed by atoms with E-state index in [1.54, 1.807) is 0 Å². The second-order valence-corrected chi connectivity index (χ2v) is 2.97. The van der Waals surface area contributed by atoms with Gasteiger partial charge in [-0.3, -0.25) is 0 Å². The monoisotopic (exact) mass is 163 g/mol. The summed E-state index contributed by atoms with van der Waals surface area (Å²) < 4.78 is 0. The molecule has 1 nitrogen and oxygen atoms in total. The van der Waals surface area contributed by atoms with Crippen molar-refractivity contribution in [2.75, 3.05) is 0 Å². The molecule has 0 unspecified atom stereocenters. The van der Waals surface area contributed by atoms with E-state index in [0.29, 0.717) is 6.42 Å². The van der Waals surface area contributed by atoms with Gasteiger partial charge in [0.25, 0.3) is 0 Å². The second-order valence-electron chi connectivity index (χ2n) is 2.97. The molecule has 1 radical (unpaired) electrons. The average molecular weight is 163 g/mol. The Bertz CT molecular complexity index is 206. The number of rotatable bonds is 4. The van der Waals surface area contributed by atoms with E-state index in [1.807, 2.05) is 18.2 Å². The van der Waals surface area contributed by atoms with Crippen molar-refractivity contribution < 1.29 is 5.11 Å². The maximum absolute atomic E-state index is 9.26. The first kappa shape index (κ1) is 9.27. The molecule has 0 aliphatic rings. The van der Waals surface area contributed by atoms with Crippen LogP contribution >= 0.6 is 0 Å². The molecule has 0 fully saturated rings. The van der Waals surface area contributed by atoms with E-state index in [2.05, 4.69) is 19.1 Å². The van der Waals surface area contributed by atoms with Crippen LogP contribution in [-0.4, -0.2) is 11.2 Å². The largest absolute Gasteiger partial charge is 0.393 e. The Kier molecular flexibility index (Phi) is 3.81. The fraction of sp³-hybridized carbons (Fsp3) is 0.364. The summed E-state index contributed by atoms with van der Waals surface area (Å²) in [5.41, 5.74) is 1.28. The van der Waals surface area contributed by atoms with E-state index in [4.69, 9.17) is 0 Å². The summed E-state index contributed by atoms with van der Waals surface area (Å²) in [6.07, 6.45) is 2.11. The lowest BCUT2D eigenvalue weighted by Gasteiger charge is -2.06. The number of hydrogen-bond acceptors (Lipinski definition) is 1. The minimum absolute atomic E-state index is 0.245. The van der Waals surface area contributed by atoms with Gasteiger partial charge in [0.2, 0.25) is 0 Å². The van der Waals surface area contributed by atoms with Gasteiger partial charge >= 0.3 is 0 Å². The zero-order chi connectivity index (χ0) is 8.81. The van der Waals surface area contributed by atoms with Gasteiger partial charge in [-0.15, -0.1) is 0 Å². The third-order valence-electron chi connectivity index (χ3n) is 1.94. The minimum Gasteiger partial charge on any atom is -0.393 e. The molecule has 12 heavy (non-hydrogen) atoms. The fourth-order valence-electron chi connectivity index (χ4n) is 1.12. The normalized spacial score (nSPS) is 12.8. The van der Waals surface area contributed by atoms with E-state index in [0.717, 1.165) is 12.8 Å². The molecule has 1 atom stereocenters. The molecule has 65 valence electrons. The summed E-state index contributed by atoms with van der Waals surface area (Å²) in [6.45, 7) is 3.65. The van der Waals surface area contributed by atoms with Gasteiger partial charge in [-0.2, -0.15) is 0 Å². The van der Waals surface area contributed by atoms with Crippen molar-refractivity contribution in [1.29, 1.82) is 0 Å². The molecule has 1 N–H and O–H groups in total. The summed E-state index contributed by atoms with van der Waals surface area (Å²) in [5, 5.41) is 9.26. The highest BCUT2D eigenvalue weighted by molar-refractivity contribution is 5.14. The maximum Gasteiger partial charge on any atom is 0.0543 e. The van der Waals surface area contributed by atoms with E-state index >= 15 is 0 Å². The molecular formula is C11H15O. The number of aliphatic hydroxyl groups is 1. The molecule has 1 aromatic rings. The molecular weight excluding hydrogens is 148 g/mol. The molecule has 0 heterocycles. The molecule has 1 heteroatoms. The van der Waals surface area contributed by atoms with Gasteiger partial charge in [0.1, 0.15) is 0 Å². The average Bonchev–Trinajstić information content (AvgIpc) is 2.16. The first-order valence-electron chi connectivity index (χ1n) is 4.34. The van der Waals surface area contributed by atoms with Gasteiger partial charge in [-0.05, 0) is 24.8 Å². The highest BCUT2D eigenvalue weighted by atomic mass is 16.3. The predicted octanol–water partition coefficient (Wildman–Crippen LogP) is 2.20. The van der Waals surface area contributed by atoms with E-state index in [-0.39, 0.29) is 6.10 Å². The minimum atomic E-state index is -0.245.